The van der Waals surface area contributed by atoms with Crippen LogP contribution in [-0.4, -0.2) is 79.1 Å². The number of rotatable bonds is 5. The van der Waals surface area contributed by atoms with Gasteiger partial charge in [0.15, 0.2) is 11.0 Å². The first-order chi connectivity index (χ1) is 8.86. The minimum absolute atomic E-state index is 0.229. The Balaban J connectivity index is 2.61. The lowest BCUT2D eigenvalue weighted by molar-refractivity contribution is -0.142. The summed E-state index contributed by atoms with van der Waals surface area (Å²) in [6.45, 7) is 1.53. The van der Waals surface area contributed by atoms with E-state index in [1.165, 1.54) is 16.0 Å². The zero-order valence-electron chi connectivity index (χ0n) is 11.8. The Bertz CT molecular complexity index is 385. The van der Waals surface area contributed by atoms with Gasteiger partial charge in [0.2, 0.25) is 11.8 Å². The molecule has 0 aromatic carbocycles. The van der Waals surface area contributed by atoms with E-state index in [1.807, 2.05) is 14.1 Å². The quantitative estimate of drug-likeness (QED) is 0.305. The first-order valence-corrected chi connectivity index (χ1v) is 6.51. The molecule has 106 valence electrons. The number of thiocarbonyl (C=S) groups is 1. The molecule has 1 heterocycles. The van der Waals surface area contributed by atoms with Crippen molar-refractivity contribution in [3.05, 3.63) is 0 Å². The molecule has 0 aromatic heterocycles. The van der Waals surface area contributed by atoms with Gasteiger partial charge in [-0.2, -0.15) is 0 Å². The first kappa shape index (κ1) is 15.7. The minimum Gasteiger partial charge on any atom is -0.309 e. The second-order valence-electron chi connectivity index (χ2n) is 4.77. The molecule has 7 heteroatoms. The molecule has 1 saturated heterocycles. The topological polar surface area (TPSA) is 56.2 Å². The highest BCUT2D eigenvalue weighted by Gasteiger charge is 2.39. The predicted octanol–water partition coefficient (Wildman–Crippen LogP) is -0.160. The summed E-state index contributed by atoms with van der Waals surface area (Å²) >= 11 is 5.00. The molecule has 0 unspecified atom stereocenters. The SMILES string of the molecule is CN(C)CCCN=CC1C(=O)N(C)C(=S)N(C)C1=O. The number of amides is 2. The molecule has 6 nitrogen and oxygen atoms in total. The van der Waals surface area contributed by atoms with E-state index in [1.54, 1.807) is 14.1 Å². The smallest absolute Gasteiger partial charge is 0.246 e. The Hall–Kier alpha value is -1.34. The molecule has 1 rings (SSSR count). The number of hydrogen-bond acceptors (Lipinski definition) is 5. The third-order valence-electron chi connectivity index (χ3n) is 2.91. The van der Waals surface area contributed by atoms with Crippen LogP contribution < -0.4 is 0 Å². The number of nitrogens with zero attached hydrogens (tertiary/aromatic N) is 4. The van der Waals surface area contributed by atoms with Gasteiger partial charge in [-0.05, 0) is 39.3 Å². The van der Waals surface area contributed by atoms with E-state index in [0.717, 1.165) is 13.0 Å². The maximum Gasteiger partial charge on any atom is 0.246 e. The van der Waals surface area contributed by atoms with Crippen molar-refractivity contribution >= 4 is 35.4 Å². The maximum absolute atomic E-state index is 12.0. The largest absolute Gasteiger partial charge is 0.309 e. The summed E-state index contributed by atoms with van der Waals surface area (Å²) in [7, 11) is 7.12. The fraction of sp³-hybridized carbons (Fsp3) is 0.667. The highest BCUT2D eigenvalue weighted by Crippen LogP contribution is 2.13. The second kappa shape index (κ2) is 6.72. The van der Waals surface area contributed by atoms with Crippen LogP contribution in [0.25, 0.3) is 0 Å². The van der Waals surface area contributed by atoms with Gasteiger partial charge in [0.05, 0.1) is 0 Å². The highest BCUT2D eigenvalue weighted by molar-refractivity contribution is 7.80. The Morgan fingerprint density at radius 1 is 1.26 bits per heavy atom. The average molecular weight is 284 g/mol. The van der Waals surface area contributed by atoms with Gasteiger partial charge in [0.25, 0.3) is 0 Å². The Kier molecular flexibility index (Phi) is 5.56. The van der Waals surface area contributed by atoms with Crippen LogP contribution in [0.5, 0.6) is 0 Å². The third-order valence-corrected chi connectivity index (χ3v) is 3.46. The zero-order valence-corrected chi connectivity index (χ0v) is 12.6. The highest BCUT2D eigenvalue weighted by atomic mass is 32.1. The molecule has 0 atom stereocenters. The summed E-state index contributed by atoms with van der Waals surface area (Å²) in [4.78, 5) is 32.8. The fourth-order valence-corrected chi connectivity index (χ4v) is 1.90. The van der Waals surface area contributed by atoms with Crippen molar-refractivity contribution < 1.29 is 9.59 Å². The van der Waals surface area contributed by atoms with Crippen molar-refractivity contribution in [2.24, 2.45) is 10.9 Å². The molecule has 0 aromatic rings. The van der Waals surface area contributed by atoms with E-state index in [2.05, 4.69) is 9.89 Å². The number of carbonyl (C=O) groups excluding carboxylic acids is 2. The van der Waals surface area contributed by atoms with E-state index in [9.17, 15) is 9.59 Å². The molecule has 0 aliphatic carbocycles. The van der Waals surface area contributed by atoms with Crippen LogP contribution >= 0.6 is 12.2 Å². The Morgan fingerprint density at radius 2 is 1.79 bits per heavy atom. The second-order valence-corrected chi connectivity index (χ2v) is 5.13. The summed E-state index contributed by atoms with van der Waals surface area (Å²) in [6.07, 6.45) is 2.33. The Morgan fingerprint density at radius 3 is 2.26 bits per heavy atom. The van der Waals surface area contributed by atoms with Crippen LogP contribution in [0.3, 0.4) is 0 Å². The third kappa shape index (κ3) is 3.81. The molecule has 1 fully saturated rings. The van der Waals surface area contributed by atoms with E-state index in [4.69, 9.17) is 12.2 Å². The molecule has 19 heavy (non-hydrogen) atoms. The lowest BCUT2D eigenvalue weighted by Gasteiger charge is -2.33. The van der Waals surface area contributed by atoms with Crippen LogP contribution in [-0.2, 0) is 9.59 Å². The monoisotopic (exact) mass is 284 g/mol. The van der Waals surface area contributed by atoms with Crippen molar-refractivity contribution in [1.82, 2.24) is 14.7 Å². The maximum atomic E-state index is 12.0. The van der Waals surface area contributed by atoms with Crippen molar-refractivity contribution in [3.8, 4) is 0 Å². The summed E-state index contributed by atoms with van der Waals surface area (Å²) in [6, 6.07) is 0. The predicted molar refractivity (Wildman–Crippen MR) is 78.2 cm³/mol. The molecule has 1 aliphatic heterocycles. The van der Waals surface area contributed by atoms with Crippen LogP contribution in [0, 0.1) is 5.92 Å². The van der Waals surface area contributed by atoms with Crippen molar-refractivity contribution in [3.63, 3.8) is 0 Å². The van der Waals surface area contributed by atoms with Crippen LogP contribution in [0.1, 0.15) is 6.42 Å². The van der Waals surface area contributed by atoms with Gasteiger partial charge in [0.1, 0.15) is 0 Å². The van der Waals surface area contributed by atoms with Gasteiger partial charge in [0, 0.05) is 26.9 Å². The molecule has 2 amide bonds. The van der Waals surface area contributed by atoms with Gasteiger partial charge < -0.3 is 4.90 Å². The van der Waals surface area contributed by atoms with Crippen molar-refractivity contribution in [2.75, 3.05) is 41.3 Å². The molecule has 0 spiro atoms. The molecular weight excluding hydrogens is 264 g/mol. The number of aliphatic imine (C=N–C) groups is 1. The fourth-order valence-electron chi connectivity index (χ4n) is 1.72. The zero-order chi connectivity index (χ0) is 14.6. The average Bonchev–Trinajstić information content (AvgIpc) is 2.37. The van der Waals surface area contributed by atoms with Gasteiger partial charge >= 0.3 is 0 Å². The minimum atomic E-state index is -0.846. The number of carbonyl (C=O) groups is 2. The van der Waals surface area contributed by atoms with Crippen LogP contribution in [0.2, 0.25) is 0 Å². The molecule has 1 aliphatic rings. The van der Waals surface area contributed by atoms with Gasteiger partial charge in [-0.15, -0.1) is 0 Å². The van der Waals surface area contributed by atoms with Crippen molar-refractivity contribution in [2.45, 2.75) is 6.42 Å². The standard InChI is InChI=1S/C12H20N4O2S/c1-14(2)7-5-6-13-8-9-10(17)15(3)12(19)16(4)11(9)18/h8-9H,5-7H2,1-4H3. The van der Waals surface area contributed by atoms with Gasteiger partial charge in [-0.3, -0.25) is 24.4 Å². The van der Waals surface area contributed by atoms with E-state index in [0.29, 0.717) is 6.54 Å². The lowest BCUT2D eigenvalue weighted by atomic mass is 10.1. The molecular formula is C12H20N4O2S. The van der Waals surface area contributed by atoms with E-state index in [-0.39, 0.29) is 16.9 Å². The summed E-state index contributed by atoms with van der Waals surface area (Å²) in [5.74, 6) is -1.48. The van der Waals surface area contributed by atoms with E-state index < -0.39 is 5.92 Å². The van der Waals surface area contributed by atoms with Crippen molar-refractivity contribution in [1.29, 1.82) is 0 Å². The van der Waals surface area contributed by atoms with Crippen LogP contribution in [0.15, 0.2) is 4.99 Å². The van der Waals surface area contributed by atoms with Gasteiger partial charge in [-0.25, -0.2) is 0 Å². The molecule has 0 saturated carbocycles. The lowest BCUT2D eigenvalue weighted by Crippen LogP contribution is -2.57. The summed E-state index contributed by atoms with van der Waals surface area (Å²) < 4.78 is 0. The van der Waals surface area contributed by atoms with E-state index >= 15 is 0 Å². The first-order valence-electron chi connectivity index (χ1n) is 6.10. The Labute approximate surface area is 119 Å². The number of hydrogen-bond donors (Lipinski definition) is 0. The summed E-state index contributed by atoms with van der Waals surface area (Å²) in [5.41, 5.74) is 0. The molecule has 0 N–H and O–H groups in total. The summed E-state index contributed by atoms with van der Waals surface area (Å²) in [5, 5.41) is 0.229. The molecule has 0 radical (unpaired) electrons. The normalized spacial score (nSPS) is 18.3. The van der Waals surface area contributed by atoms with Gasteiger partial charge in [-0.1, -0.05) is 0 Å². The van der Waals surface area contributed by atoms with Crippen LogP contribution in [0.4, 0.5) is 0 Å². The molecule has 0 bridgehead atoms.